The van der Waals surface area contributed by atoms with Crippen molar-refractivity contribution in [2.45, 2.75) is 12.5 Å². The van der Waals surface area contributed by atoms with Gasteiger partial charge in [-0.15, -0.1) is 0 Å². The Kier molecular flexibility index (Phi) is 4.73. The minimum Gasteiger partial charge on any atom is -0.494 e. The third kappa shape index (κ3) is 3.35. The van der Waals surface area contributed by atoms with Crippen LogP contribution in [0.2, 0.25) is 0 Å². The van der Waals surface area contributed by atoms with Crippen LogP contribution in [0.5, 0.6) is 5.75 Å². The molecule has 1 heterocycles. The summed E-state index contributed by atoms with van der Waals surface area (Å²) < 4.78 is 18.5. The van der Waals surface area contributed by atoms with Gasteiger partial charge in [0.25, 0.3) is 0 Å². The van der Waals surface area contributed by atoms with Crippen molar-refractivity contribution in [3.8, 4) is 5.75 Å². The molecule has 0 N–H and O–H groups in total. The molecule has 1 saturated heterocycles. The van der Waals surface area contributed by atoms with Crippen molar-refractivity contribution in [1.29, 1.82) is 0 Å². The van der Waals surface area contributed by atoms with Gasteiger partial charge in [0.2, 0.25) is 0 Å². The summed E-state index contributed by atoms with van der Waals surface area (Å²) in [7, 11) is 5.49. The van der Waals surface area contributed by atoms with E-state index >= 15 is 0 Å². The molecule has 1 unspecified atom stereocenters. The lowest BCUT2D eigenvalue weighted by Gasteiger charge is -2.37. The van der Waals surface area contributed by atoms with Crippen LogP contribution >= 0.6 is 0 Å². The van der Waals surface area contributed by atoms with Crippen molar-refractivity contribution in [1.82, 2.24) is 9.80 Å². The largest absolute Gasteiger partial charge is 0.494 e. The highest BCUT2D eigenvalue weighted by Gasteiger charge is 2.25. The van der Waals surface area contributed by atoms with Crippen LogP contribution in [0.15, 0.2) is 18.2 Å². The van der Waals surface area contributed by atoms with Gasteiger partial charge in [0.15, 0.2) is 17.3 Å². The predicted molar refractivity (Wildman–Crippen MR) is 75.8 cm³/mol. The third-order valence-electron chi connectivity index (χ3n) is 3.87. The Morgan fingerprint density at radius 3 is 2.80 bits per heavy atom. The maximum Gasteiger partial charge on any atom is 0.165 e. The lowest BCUT2D eigenvalue weighted by Crippen LogP contribution is -2.50. The first-order valence-corrected chi connectivity index (χ1v) is 6.76. The van der Waals surface area contributed by atoms with Gasteiger partial charge in [0.05, 0.1) is 7.11 Å². The Morgan fingerprint density at radius 1 is 1.40 bits per heavy atom. The third-order valence-corrected chi connectivity index (χ3v) is 3.87. The fourth-order valence-corrected chi connectivity index (χ4v) is 2.49. The Labute approximate surface area is 119 Å². The van der Waals surface area contributed by atoms with Gasteiger partial charge in [0.1, 0.15) is 0 Å². The molecule has 0 aromatic heterocycles. The van der Waals surface area contributed by atoms with E-state index in [9.17, 15) is 9.18 Å². The zero-order valence-corrected chi connectivity index (χ0v) is 12.2. The van der Waals surface area contributed by atoms with E-state index in [-0.39, 0.29) is 17.6 Å². The summed E-state index contributed by atoms with van der Waals surface area (Å²) in [5.74, 6) is -0.359. The van der Waals surface area contributed by atoms with Crippen LogP contribution in [0.4, 0.5) is 4.39 Å². The van der Waals surface area contributed by atoms with Gasteiger partial charge in [-0.25, -0.2) is 4.39 Å². The van der Waals surface area contributed by atoms with Crippen molar-refractivity contribution in [3.63, 3.8) is 0 Å². The van der Waals surface area contributed by atoms with E-state index in [2.05, 4.69) is 16.8 Å². The SMILES string of the molecule is COc1ccc(C(=O)CC2CN(C)CCN2C)cc1F. The van der Waals surface area contributed by atoms with E-state index in [0.29, 0.717) is 12.0 Å². The average Bonchev–Trinajstić information content (AvgIpc) is 2.42. The molecule has 1 aromatic carbocycles. The van der Waals surface area contributed by atoms with Crippen LogP contribution in [0.3, 0.4) is 0 Å². The summed E-state index contributed by atoms with van der Waals surface area (Å²) in [5, 5.41) is 0. The number of piperazine rings is 1. The standard InChI is InChI=1S/C15H21FN2O2/c1-17-6-7-18(2)12(10-17)9-14(19)11-4-5-15(20-3)13(16)8-11/h4-5,8,12H,6-7,9-10H2,1-3H3. The number of hydrogen-bond acceptors (Lipinski definition) is 4. The molecule has 1 aliphatic rings. The van der Waals surface area contributed by atoms with Gasteiger partial charge in [-0.3, -0.25) is 4.79 Å². The van der Waals surface area contributed by atoms with Gasteiger partial charge < -0.3 is 14.5 Å². The summed E-state index contributed by atoms with van der Waals surface area (Å²) >= 11 is 0. The number of likely N-dealkylation sites (N-methyl/N-ethyl adjacent to an activating group) is 2. The second kappa shape index (κ2) is 6.33. The number of Topliss-reactive ketones (excluding diaryl/α,β-unsaturated/α-hetero) is 1. The summed E-state index contributed by atoms with van der Waals surface area (Å²) in [6.45, 7) is 2.82. The fraction of sp³-hybridized carbons (Fsp3) is 0.533. The van der Waals surface area contributed by atoms with Crippen LogP contribution in [0, 0.1) is 5.82 Å². The molecule has 0 radical (unpaired) electrons. The van der Waals surface area contributed by atoms with E-state index in [0.717, 1.165) is 19.6 Å². The minimum absolute atomic E-state index is 0.0290. The Bertz CT molecular complexity index is 493. The number of rotatable bonds is 4. The summed E-state index contributed by atoms with van der Waals surface area (Å²) in [6.07, 6.45) is 0.409. The average molecular weight is 280 g/mol. The van der Waals surface area contributed by atoms with Crippen LogP contribution in [-0.4, -0.2) is 62.5 Å². The molecule has 0 saturated carbocycles. The molecule has 0 bridgehead atoms. The highest BCUT2D eigenvalue weighted by atomic mass is 19.1. The number of carbonyl (C=O) groups is 1. The van der Waals surface area contributed by atoms with E-state index in [4.69, 9.17) is 4.74 Å². The molecule has 4 nitrogen and oxygen atoms in total. The molecule has 1 fully saturated rings. The van der Waals surface area contributed by atoms with Crippen molar-refractivity contribution in [2.75, 3.05) is 40.8 Å². The van der Waals surface area contributed by atoms with Crippen molar-refractivity contribution in [2.24, 2.45) is 0 Å². The van der Waals surface area contributed by atoms with Crippen LogP contribution in [0.1, 0.15) is 16.8 Å². The van der Waals surface area contributed by atoms with Crippen molar-refractivity contribution in [3.05, 3.63) is 29.6 Å². The number of methoxy groups -OCH3 is 1. The van der Waals surface area contributed by atoms with Gasteiger partial charge in [-0.05, 0) is 32.3 Å². The maximum absolute atomic E-state index is 13.6. The topological polar surface area (TPSA) is 32.8 Å². The van der Waals surface area contributed by atoms with Gasteiger partial charge in [0, 0.05) is 37.7 Å². The molecule has 2 rings (SSSR count). The predicted octanol–water partition coefficient (Wildman–Crippen LogP) is 1.65. The summed E-state index contributed by atoms with van der Waals surface area (Å²) in [4.78, 5) is 16.7. The smallest absolute Gasteiger partial charge is 0.165 e. The first-order valence-electron chi connectivity index (χ1n) is 6.76. The molecule has 1 aliphatic heterocycles. The monoisotopic (exact) mass is 280 g/mol. The van der Waals surface area contributed by atoms with E-state index < -0.39 is 5.82 Å². The Morgan fingerprint density at radius 2 is 2.15 bits per heavy atom. The lowest BCUT2D eigenvalue weighted by molar-refractivity contribution is 0.0809. The molecular weight excluding hydrogens is 259 g/mol. The number of nitrogens with zero attached hydrogens (tertiary/aromatic N) is 2. The van der Waals surface area contributed by atoms with Crippen LogP contribution < -0.4 is 4.74 Å². The quantitative estimate of drug-likeness (QED) is 0.785. The number of carbonyl (C=O) groups excluding carboxylic acids is 1. The normalized spacial score (nSPS) is 20.9. The maximum atomic E-state index is 13.6. The first-order chi connectivity index (χ1) is 9.51. The Balaban J connectivity index is 2.06. The zero-order valence-electron chi connectivity index (χ0n) is 12.2. The molecule has 1 atom stereocenters. The van der Waals surface area contributed by atoms with Crippen molar-refractivity contribution >= 4 is 5.78 Å². The second-order valence-corrected chi connectivity index (χ2v) is 5.37. The number of hydrogen-bond donors (Lipinski definition) is 0. The van der Waals surface area contributed by atoms with Crippen molar-refractivity contribution < 1.29 is 13.9 Å². The minimum atomic E-state index is -0.493. The number of ether oxygens (including phenoxy) is 1. The molecule has 0 spiro atoms. The van der Waals surface area contributed by atoms with E-state index in [1.54, 1.807) is 6.07 Å². The van der Waals surface area contributed by atoms with Gasteiger partial charge >= 0.3 is 0 Å². The van der Waals surface area contributed by atoms with E-state index in [1.165, 1.54) is 19.2 Å². The molecular formula is C15H21FN2O2. The van der Waals surface area contributed by atoms with Crippen LogP contribution in [0.25, 0.3) is 0 Å². The highest BCUT2D eigenvalue weighted by molar-refractivity contribution is 5.96. The molecule has 5 heteroatoms. The van der Waals surface area contributed by atoms with Gasteiger partial charge in [-0.2, -0.15) is 0 Å². The first kappa shape index (κ1) is 14.9. The highest BCUT2D eigenvalue weighted by Crippen LogP contribution is 2.20. The van der Waals surface area contributed by atoms with Gasteiger partial charge in [-0.1, -0.05) is 0 Å². The van der Waals surface area contributed by atoms with Crippen LogP contribution in [-0.2, 0) is 0 Å². The summed E-state index contributed by atoms with van der Waals surface area (Å²) in [5.41, 5.74) is 0.407. The lowest BCUT2D eigenvalue weighted by atomic mass is 10.0. The number of ketones is 1. The molecule has 20 heavy (non-hydrogen) atoms. The molecule has 0 amide bonds. The number of halogens is 1. The number of benzene rings is 1. The summed E-state index contributed by atoms with van der Waals surface area (Å²) in [6, 6.07) is 4.57. The Hall–Kier alpha value is -1.46. The second-order valence-electron chi connectivity index (χ2n) is 5.37. The molecule has 1 aromatic rings. The zero-order chi connectivity index (χ0) is 14.7. The molecule has 110 valence electrons. The fourth-order valence-electron chi connectivity index (χ4n) is 2.49. The van der Waals surface area contributed by atoms with E-state index in [1.807, 2.05) is 7.05 Å². The molecule has 0 aliphatic carbocycles.